The summed E-state index contributed by atoms with van der Waals surface area (Å²) in [6.07, 6.45) is -0.831. The van der Waals surface area contributed by atoms with Crippen molar-refractivity contribution in [2.75, 3.05) is 7.11 Å². The SMILES string of the molecule is COC(=O)C(C)C(O)C(C)N. The topological polar surface area (TPSA) is 72.5 Å². The molecule has 3 unspecified atom stereocenters. The van der Waals surface area contributed by atoms with E-state index in [2.05, 4.69) is 4.74 Å². The van der Waals surface area contributed by atoms with Crippen LogP contribution in [-0.2, 0) is 9.53 Å². The number of hydrogen-bond donors (Lipinski definition) is 2. The lowest BCUT2D eigenvalue weighted by Crippen LogP contribution is -2.40. The van der Waals surface area contributed by atoms with Crippen LogP contribution in [0.4, 0.5) is 0 Å². The maximum absolute atomic E-state index is 10.8. The minimum Gasteiger partial charge on any atom is -0.469 e. The van der Waals surface area contributed by atoms with Crippen LogP contribution >= 0.6 is 0 Å². The van der Waals surface area contributed by atoms with Crippen LogP contribution in [0.25, 0.3) is 0 Å². The summed E-state index contributed by atoms with van der Waals surface area (Å²) >= 11 is 0. The van der Waals surface area contributed by atoms with E-state index in [1.807, 2.05) is 0 Å². The van der Waals surface area contributed by atoms with Gasteiger partial charge in [-0.05, 0) is 13.8 Å². The maximum atomic E-state index is 10.8. The zero-order valence-corrected chi connectivity index (χ0v) is 7.07. The molecule has 3 atom stereocenters. The Labute approximate surface area is 66.3 Å². The van der Waals surface area contributed by atoms with E-state index in [1.54, 1.807) is 13.8 Å². The largest absolute Gasteiger partial charge is 0.469 e. The molecule has 0 spiro atoms. The van der Waals surface area contributed by atoms with Gasteiger partial charge in [-0.1, -0.05) is 0 Å². The van der Waals surface area contributed by atoms with Crippen LogP contribution in [0, 0.1) is 5.92 Å². The third-order valence-corrected chi connectivity index (χ3v) is 1.62. The molecule has 66 valence electrons. The van der Waals surface area contributed by atoms with Crippen LogP contribution in [0.2, 0.25) is 0 Å². The monoisotopic (exact) mass is 161 g/mol. The van der Waals surface area contributed by atoms with Gasteiger partial charge in [0.2, 0.25) is 0 Å². The van der Waals surface area contributed by atoms with Crippen molar-refractivity contribution in [1.82, 2.24) is 0 Å². The van der Waals surface area contributed by atoms with E-state index in [9.17, 15) is 9.90 Å². The Kier molecular flexibility index (Phi) is 4.07. The lowest BCUT2D eigenvalue weighted by Gasteiger charge is -2.19. The smallest absolute Gasteiger partial charge is 0.311 e. The molecule has 4 heteroatoms. The van der Waals surface area contributed by atoms with E-state index in [0.717, 1.165) is 0 Å². The third-order valence-electron chi connectivity index (χ3n) is 1.62. The molecule has 0 aliphatic rings. The predicted octanol–water partition coefficient (Wildman–Crippen LogP) is -0.496. The predicted molar refractivity (Wildman–Crippen MR) is 40.8 cm³/mol. The second kappa shape index (κ2) is 4.31. The van der Waals surface area contributed by atoms with Gasteiger partial charge in [0.1, 0.15) is 0 Å². The van der Waals surface area contributed by atoms with Crippen molar-refractivity contribution in [3.8, 4) is 0 Å². The van der Waals surface area contributed by atoms with Gasteiger partial charge in [-0.3, -0.25) is 4.79 Å². The fourth-order valence-electron chi connectivity index (χ4n) is 0.781. The van der Waals surface area contributed by atoms with Crippen LogP contribution in [0.15, 0.2) is 0 Å². The third kappa shape index (κ3) is 2.86. The van der Waals surface area contributed by atoms with Crippen molar-refractivity contribution in [2.24, 2.45) is 11.7 Å². The first kappa shape index (κ1) is 10.4. The first-order valence-electron chi connectivity index (χ1n) is 3.52. The highest BCUT2D eigenvalue weighted by Crippen LogP contribution is 2.07. The maximum Gasteiger partial charge on any atom is 0.311 e. The van der Waals surface area contributed by atoms with Gasteiger partial charge < -0.3 is 15.6 Å². The molecule has 0 radical (unpaired) electrons. The average molecular weight is 161 g/mol. The fourth-order valence-corrected chi connectivity index (χ4v) is 0.781. The van der Waals surface area contributed by atoms with Crippen LogP contribution in [-0.4, -0.2) is 30.3 Å². The molecule has 0 aromatic rings. The minimum absolute atomic E-state index is 0.413. The Balaban J connectivity index is 4.01. The summed E-state index contributed by atoms with van der Waals surface area (Å²) in [4.78, 5) is 10.8. The van der Waals surface area contributed by atoms with Gasteiger partial charge in [-0.15, -0.1) is 0 Å². The van der Waals surface area contributed by atoms with Gasteiger partial charge in [0.15, 0.2) is 0 Å². The number of carbonyl (C=O) groups is 1. The number of esters is 1. The molecule has 0 saturated heterocycles. The van der Waals surface area contributed by atoms with Crippen LogP contribution in [0.1, 0.15) is 13.8 Å². The number of hydrogen-bond acceptors (Lipinski definition) is 4. The van der Waals surface area contributed by atoms with E-state index >= 15 is 0 Å². The standard InChI is InChI=1S/C7H15NO3/c1-4(7(10)11-3)6(9)5(2)8/h4-6,9H,8H2,1-3H3. The quantitative estimate of drug-likeness (QED) is 0.547. The second-order valence-corrected chi connectivity index (χ2v) is 2.66. The number of aliphatic hydroxyl groups is 1. The van der Waals surface area contributed by atoms with E-state index < -0.39 is 24.0 Å². The summed E-state index contributed by atoms with van der Waals surface area (Å²) < 4.78 is 4.43. The molecular weight excluding hydrogens is 146 g/mol. The lowest BCUT2D eigenvalue weighted by atomic mass is 10.00. The van der Waals surface area contributed by atoms with Crippen molar-refractivity contribution in [3.63, 3.8) is 0 Å². The first-order valence-corrected chi connectivity index (χ1v) is 3.52. The van der Waals surface area contributed by atoms with Crippen molar-refractivity contribution >= 4 is 5.97 Å². The molecule has 11 heavy (non-hydrogen) atoms. The second-order valence-electron chi connectivity index (χ2n) is 2.66. The molecule has 0 heterocycles. The van der Waals surface area contributed by atoms with Crippen molar-refractivity contribution in [2.45, 2.75) is 26.0 Å². The van der Waals surface area contributed by atoms with E-state index in [0.29, 0.717) is 0 Å². The number of methoxy groups -OCH3 is 1. The Morgan fingerprint density at radius 1 is 1.55 bits per heavy atom. The summed E-state index contributed by atoms with van der Waals surface area (Å²) in [5, 5.41) is 9.27. The zero-order chi connectivity index (χ0) is 9.02. The van der Waals surface area contributed by atoms with Crippen molar-refractivity contribution in [3.05, 3.63) is 0 Å². The molecule has 0 aromatic carbocycles. The molecule has 0 aliphatic heterocycles. The van der Waals surface area contributed by atoms with Crippen molar-refractivity contribution in [1.29, 1.82) is 0 Å². The number of nitrogens with two attached hydrogens (primary N) is 1. The van der Waals surface area contributed by atoms with E-state index in [1.165, 1.54) is 7.11 Å². The summed E-state index contributed by atoms with van der Waals surface area (Å²) in [5.74, 6) is -0.991. The van der Waals surface area contributed by atoms with Crippen LogP contribution < -0.4 is 5.73 Å². The van der Waals surface area contributed by atoms with Crippen molar-refractivity contribution < 1.29 is 14.6 Å². The zero-order valence-electron chi connectivity index (χ0n) is 7.07. The lowest BCUT2D eigenvalue weighted by molar-refractivity contribution is -0.148. The number of carbonyl (C=O) groups excluding carboxylic acids is 1. The van der Waals surface area contributed by atoms with E-state index in [4.69, 9.17) is 5.73 Å². The highest BCUT2D eigenvalue weighted by molar-refractivity contribution is 5.72. The molecular formula is C7H15NO3. The summed E-state index contributed by atoms with van der Waals surface area (Å²) in [5.41, 5.74) is 5.37. The van der Waals surface area contributed by atoms with Gasteiger partial charge in [-0.25, -0.2) is 0 Å². The Morgan fingerprint density at radius 2 is 2.00 bits per heavy atom. The number of rotatable bonds is 3. The Bertz CT molecular complexity index is 136. The molecule has 0 fully saturated rings. The summed E-state index contributed by atoms with van der Waals surface area (Å²) in [6.45, 7) is 3.23. The van der Waals surface area contributed by atoms with Gasteiger partial charge in [-0.2, -0.15) is 0 Å². The van der Waals surface area contributed by atoms with E-state index in [-0.39, 0.29) is 0 Å². The van der Waals surface area contributed by atoms with Gasteiger partial charge in [0.25, 0.3) is 0 Å². The molecule has 0 bridgehead atoms. The molecule has 0 aliphatic carbocycles. The normalized spacial score (nSPS) is 18.6. The summed E-state index contributed by atoms with van der Waals surface area (Å²) in [6, 6.07) is -0.413. The van der Waals surface area contributed by atoms with Crippen LogP contribution in [0.3, 0.4) is 0 Å². The van der Waals surface area contributed by atoms with Gasteiger partial charge >= 0.3 is 5.97 Å². The van der Waals surface area contributed by atoms with Crippen LogP contribution in [0.5, 0.6) is 0 Å². The molecule has 0 saturated carbocycles. The Morgan fingerprint density at radius 3 is 2.27 bits per heavy atom. The highest BCUT2D eigenvalue weighted by Gasteiger charge is 2.25. The van der Waals surface area contributed by atoms with Gasteiger partial charge in [0.05, 0.1) is 19.1 Å². The average Bonchev–Trinajstić information content (AvgIpc) is 2.00. The Hall–Kier alpha value is -0.610. The molecule has 0 amide bonds. The highest BCUT2D eigenvalue weighted by atomic mass is 16.5. The summed E-state index contributed by atoms with van der Waals surface area (Å²) in [7, 11) is 1.28. The molecule has 0 rings (SSSR count). The minimum atomic E-state index is -0.831. The molecule has 3 N–H and O–H groups in total. The van der Waals surface area contributed by atoms with Gasteiger partial charge in [0, 0.05) is 6.04 Å². The number of aliphatic hydroxyl groups excluding tert-OH is 1. The fraction of sp³-hybridized carbons (Fsp3) is 0.857. The first-order chi connectivity index (χ1) is 5.00. The molecule has 4 nitrogen and oxygen atoms in total. The number of ether oxygens (including phenoxy) is 1. The molecule has 0 aromatic heterocycles.